The minimum absolute atomic E-state index is 0.203. The quantitative estimate of drug-likeness (QED) is 0.741. The van der Waals surface area contributed by atoms with Crippen molar-refractivity contribution in [1.29, 1.82) is 0 Å². The second-order valence-corrected chi connectivity index (χ2v) is 4.85. The molecule has 0 aliphatic carbocycles. The lowest BCUT2D eigenvalue weighted by molar-refractivity contribution is 0.414. The minimum Gasteiger partial charge on any atom is -0.497 e. The van der Waals surface area contributed by atoms with Gasteiger partial charge in [0, 0.05) is 5.69 Å². The van der Waals surface area contributed by atoms with E-state index in [0.29, 0.717) is 0 Å². The van der Waals surface area contributed by atoms with Gasteiger partial charge in [0.25, 0.3) is 0 Å². The van der Waals surface area contributed by atoms with Gasteiger partial charge in [-0.15, -0.1) is 0 Å². The van der Waals surface area contributed by atoms with Gasteiger partial charge in [0.05, 0.1) is 30.5 Å². The second kappa shape index (κ2) is 4.89. The molecule has 0 radical (unpaired) electrons. The van der Waals surface area contributed by atoms with Crippen molar-refractivity contribution in [3.05, 3.63) is 54.4 Å². The topological polar surface area (TPSA) is 53.1 Å². The lowest BCUT2D eigenvalue weighted by atomic mass is 10.1. The molecule has 4 heteroatoms. The molecule has 0 saturated carbocycles. The van der Waals surface area contributed by atoms with Crippen LogP contribution in [0.5, 0.6) is 5.75 Å². The maximum absolute atomic E-state index is 5.79. The molecule has 0 aliphatic rings. The number of aromatic nitrogens is 2. The second-order valence-electron chi connectivity index (χ2n) is 4.85. The fourth-order valence-corrected chi connectivity index (χ4v) is 2.40. The maximum Gasteiger partial charge on any atom is 0.118 e. The first-order valence-electron chi connectivity index (χ1n) is 6.55. The van der Waals surface area contributed by atoms with E-state index in [-0.39, 0.29) is 6.04 Å². The predicted octanol–water partition coefficient (Wildman–Crippen LogP) is 3.24. The Morgan fingerprint density at radius 3 is 2.60 bits per heavy atom. The van der Waals surface area contributed by atoms with Crippen LogP contribution in [-0.2, 0) is 0 Å². The van der Waals surface area contributed by atoms with Crippen LogP contribution < -0.4 is 10.5 Å². The van der Waals surface area contributed by atoms with Gasteiger partial charge in [-0.3, -0.25) is 0 Å². The lowest BCUT2D eigenvalue weighted by Crippen LogP contribution is -2.05. The molecule has 1 aromatic heterocycles. The van der Waals surface area contributed by atoms with E-state index in [0.717, 1.165) is 22.5 Å². The SMILES string of the molecule is COc1ccc(C(C)n2cnc3cc(N)ccc32)cc1. The number of ether oxygens (including phenoxy) is 1. The average molecular weight is 267 g/mol. The number of anilines is 1. The zero-order chi connectivity index (χ0) is 14.1. The minimum atomic E-state index is 0.203. The third-order valence-corrected chi connectivity index (χ3v) is 3.61. The van der Waals surface area contributed by atoms with Crippen LogP contribution in [0.2, 0.25) is 0 Å². The van der Waals surface area contributed by atoms with Crippen molar-refractivity contribution in [1.82, 2.24) is 9.55 Å². The molecule has 4 nitrogen and oxygen atoms in total. The Bertz CT molecular complexity index is 731. The van der Waals surface area contributed by atoms with Crippen molar-refractivity contribution in [2.45, 2.75) is 13.0 Å². The summed E-state index contributed by atoms with van der Waals surface area (Å²) < 4.78 is 7.34. The summed E-state index contributed by atoms with van der Waals surface area (Å²) >= 11 is 0. The van der Waals surface area contributed by atoms with Crippen LogP contribution in [-0.4, -0.2) is 16.7 Å². The first-order chi connectivity index (χ1) is 9.69. The fraction of sp³-hybridized carbons (Fsp3) is 0.188. The summed E-state index contributed by atoms with van der Waals surface area (Å²) in [6.07, 6.45) is 1.86. The number of nitrogens with zero attached hydrogens (tertiary/aromatic N) is 2. The van der Waals surface area contributed by atoms with Crippen molar-refractivity contribution in [3.63, 3.8) is 0 Å². The van der Waals surface area contributed by atoms with E-state index in [4.69, 9.17) is 10.5 Å². The highest BCUT2D eigenvalue weighted by molar-refractivity contribution is 5.79. The van der Waals surface area contributed by atoms with Gasteiger partial charge in [0.15, 0.2) is 0 Å². The first-order valence-corrected chi connectivity index (χ1v) is 6.55. The van der Waals surface area contributed by atoms with E-state index < -0.39 is 0 Å². The van der Waals surface area contributed by atoms with E-state index in [1.165, 1.54) is 5.56 Å². The highest BCUT2D eigenvalue weighted by Crippen LogP contribution is 2.25. The third-order valence-electron chi connectivity index (χ3n) is 3.61. The molecule has 0 fully saturated rings. The van der Waals surface area contributed by atoms with Crippen LogP contribution in [0, 0.1) is 0 Å². The normalized spacial score (nSPS) is 12.5. The van der Waals surface area contributed by atoms with Crippen LogP contribution in [0.25, 0.3) is 11.0 Å². The number of fused-ring (bicyclic) bond motifs is 1. The average Bonchev–Trinajstić information content (AvgIpc) is 2.89. The van der Waals surface area contributed by atoms with Gasteiger partial charge < -0.3 is 15.0 Å². The molecule has 1 atom stereocenters. The Morgan fingerprint density at radius 2 is 1.90 bits per heavy atom. The lowest BCUT2D eigenvalue weighted by Gasteiger charge is -2.15. The largest absolute Gasteiger partial charge is 0.497 e. The highest BCUT2D eigenvalue weighted by atomic mass is 16.5. The summed E-state index contributed by atoms with van der Waals surface area (Å²) in [5.41, 5.74) is 9.74. The van der Waals surface area contributed by atoms with Crippen LogP contribution in [0.4, 0.5) is 5.69 Å². The molecular formula is C16H17N3O. The van der Waals surface area contributed by atoms with Gasteiger partial charge >= 0.3 is 0 Å². The first kappa shape index (κ1) is 12.5. The molecule has 0 bridgehead atoms. The third kappa shape index (κ3) is 2.09. The van der Waals surface area contributed by atoms with Crippen molar-refractivity contribution >= 4 is 16.7 Å². The summed E-state index contributed by atoms with van der Waals surface area (Å²) in [6.45, 7) is 2.15. The van der Waals surface area contributed by atoms with Gasteiger partial charge in [0.2, 0.25) is 0 Å². The standard InChI is InChI=1S/C16H17N3O/c1-11(12-3-6-14(20-2)7-4-12)19-10-18-15-9-13(17)5-8-16(15)19/h3-11H,17H2,1-2H3. The van der Waals surface area contributed by atoms with Gasteiger partial charge in [-0.05, 0) is 42.8 Å². The van der Waals surface area contributed by atoms with E-state index in [1.54, 1.807) is 7.11 Å². The smallest absolute Gasteiger partial charge is 0.118 e. The van der Waals surface area contributed by atoms with Gasteiger partial charge in [-0.25, -0.2) is 4.98 Å². The van der Waals surface area contributed by atoms with E-state index in [2.05, 4.69) is 28.6 Å². The van der Waals surface area contributed by atoms with E-state index >= 15 is 0 Å². The molecule has 1 heterocycles. The Morgan fingerprint density at radius 1 is 1.15 bits per heavy atom. The molecule has 0 aliphatic heterocycles. The number of hydrogen-bond acceptors (Lipinski definition) is 3. The van der Waals surface area contributed by atoms with Crippen LogP contribution in [0.3, 0.4) is 0 Å². The molecule has 0 saturated heterocycles. The van der Waals surface area contributed by atoms with Gasteiger partial charge in [-0.1, -0.05) is 12.1 Å². The molecule has 1 unspecified atom stereocenters. The predicted molar refractivity (Wildman–Crippen MR) is 81.0 cm³/mol. The van der Waals surface area contributed by atoms with E-state index in [9.17, 15) is 0 Å². The fourth-order valence-electron chi connectivity index (χ4n) is 2.40. The number of methoxy groups -OCH3 is 1. The zero-order valence-electron chi connectivity index (χ0n) is 11.6. The molecule has 2 aromatic carbocycles. The van der Waals surface area contributed by atoms with Gasteiger partial charge in [-0.2, -0.15) is 0 Å². The monoisotopic (exact) mass is 267 g/mol. The summed E-state index contributed by atoms with van der Waals surface area (Å²) in [5.74, 6) is 0.865. The van der Waals surface area contributed by atoms with Crippen molar-refractivity contribution in [2.24, 2.45) is 0 Å². The summed E-state index contributed by atoms with van der Waals surface area (Å²) in [4.78, 5) is 4.42. The molecule has 0 spiro atoms. The van der Waals surface area contributed by atoms with Crippen molar-refractivity contribution in [3.8, 4) is 5.75 Å². The van der Waals surface area contributed by atoms with Crippen LogP contribution in [0.15, 0.2) is 48.8 Å². The molecule has 2 N–H and O–H groups in total. The van der Waals surface area contributed by atoms with Crippen LogP contribution >= 0.6 is 0 Å². The molecule has 3 aromatic rings. The number of benzene rings is 2. The van der Waals surface area contributed by atoms with Crippen LogP contribution in [0.1, 0.15) is 18.5 Å². The van der Waals surface area contributed by atoms with Crippen molar-refractivity contribution in [2.75, 3.05) is 12.8 Å². The maximum atomic E-state index is 5.79. The summed E-state index contributed by atoms with van der Waals surface area (Å²) in [6, 6.07) is 14.1. The molecule has 102 valence electrons. The Balaban J connectivity index is 2.00. The Kier molecular flexibility index (Phi) is 3.06. The molecule has 20 heavy (non-hydrogen) atoms. The number of nitrogen functional groups attached to an aromatic ring is 1. The van der Waals surface area contributed by atoms with Gasteiger partial charge in [0.1, 0.15) is 5.75 Å². The van der Waals surface area contributed by atoms with E-state index in [1.807, 2.05) is 36.7 Å². The number of nitrogens with two attached hydrogens (primary N) is 1. The highest BCUT2D eigenvalue weighted by Gasteiger charge is 2.11. The summed E-state index contributed by atoms with van der Waals surface area (Å²) in [7, 11) is 1.67. The molecule has 3 rings (SSSR count). The molecular weight excluding hydrogens is 250 g/mol. The molecule has 0 amide bonds. The Labute approximate surface area is 117 Å². The van der Waals surface area contributed by atoms with Crippen molar-refractivity contribution < 1.29 is 4.74 Å². The number of hydrogen-bond donors (Lipinski definition) is 1. The number of imidazole rings is 1. The zero-order valence-corrected chi connectivity index (χ0v) is 11.6. The number of rotatable bonds is 3. The Hall–Kier alpha value is -2.49. The summed E-state index contributed by atoms with van der Waals surface area (Å²) in [5, 5.41) is 0.